The summed E-state index contributed by atoms with van der Waals surface area (Å²) in [6.45, 7) is 7.99. The number of rotatable bonds is 10. The minimum atomic E-state index is -3.48. The molecule has 2 heterocycles. The average Bonchev–Trinajstić information content (AvgIpc) is 3.23. The van der Waals surface area contributed by atoms with Crippen molar-refractivity contribution in [2.24, 2.45) is 0 Å². The maximum atomic E-state index is 13.4. The molecule has 3 rings (SSSR count). The number of carbonyl (C=O) groups is 1. The monoisotopic (exact) mass is 512 g/mol. The summed E-state index contributed by atoms with van der Waals surface area (Å²) in [5, 5.41) is 7.27. The topological polar surface area (TPSA) is 110 Å². The fourth-order valence-electron chi connectivity index (χ4n) is 3.26. The third-order valence-corrected chi connectivity index (χ3v) is 6.79. The van der Waals surface area contributed by atoms with E-state index in [0.29, 0.717) is 28.8 Å². The predicted octanol–water partition coefficient (Wildman–Crippen LogP) is 3.56. The third-order valence-electron chi connectivity index (χ3n) is 5.63. The van der Waals surface area contributed by atoms with E-state index in [1.807, 2.05) is 19.9 Å². The molecule has 11 heteroatoms. The van der Waals surface area contributed by atoms with Crippen LogP contribution >= 0.6 is 0 Å². The second-order valence-corrected chi connectivity index (χ2v) is 10.3. The lowest BCUT2D eigenvalue weighted by atomic mass is 10.0. The van der Waals surface area contributed by atoms with Crippen LogP contribution in [0.2, 0.25) is 0 Å². The number of anilines is 1. The second kappa shape index (κ2) is 11.3. The largest absolute Gasteiger partial charge is 0.348 e. The molecular formula is C25H29FN6O3S. The van der Waals surface area contributed by atoms with E-state index in [4.69, 9.17) is 0 Å². The van der Waals surface area contributed by atoms with E-state index in [-0.39, 0.29) is 24.2 Å². The van der Waals surface area contributed by atoms with Gasteiger partial charge in [0.25, 0.3) is 5.91 Å². The Morgan fingerprint density at radius 1 is 1.19 bits per heavy atom. The van der Waals surface area contributed by atoms with Crippen molar-refractivity contribution in [3.8, 4) is 5.69 Å². The minimum absolute atomic E-state index is 0.0371. The molecule has 9 nitrogen and oxygen atoms in total. The van der Waals surface area contributed by atoms with Crippen molar-refractivity contribution in [2.75, 3.05) is 17.6 Å². The number of sulfonamides is 1. The van der Waals surface area contributed by atoms with Crippen molar-refractivity contribution >= 4 is 27.5 Å². The number of amides is 1. The first-order valence-electron chi connectivity index (χ1n) is 11.2. The first kappa shape index (κ1) is 26.7. The summed E-state index contributed by atoms with van der Waals surface area (Å²) in [7, 11) is -2.12. The van der Waals surface area contributed by atoms with Crippen molar-refractivity contribution in [3.05, 3.63) is 83.7 Å². The first-order chi connectivity index (χ1) is 17.0. The molecule has 0 bridgehead atoms. The molecule has 36 heavy (non-hydrogen) atoms. The zero-order valence-electron chi connectivity index (χ0n) is 20.7. The SMILES string of the molecule is C=C(CC)CC=C(C(=O)NCc1cnc(N(C)S(C)(=O)=O)nc1)c1cnn(-c2ccc(F)cc2)c1C. The van der Waals surface area contributed by atoms with Gasteiger partial charge in [-0.2, -0.15) is 5.10 Å². The average molecular weight is 513 g/mol. The zero-order chi connectivity index (χ0) is 26.5. The van der Waals surface area contributed by atoms with E-state index in [0.717, 1.165) is 28.2 Å². The molecule has 190 valence electrons. The van der Waals surface area contributed by atoms with E-state index in [1.165, 1.54) is 31.6 Å². The standard InChI is InChI=1S/C25H29FN6O3S/c1-6-17(2)7-12-22(23-16-30-32(18(23)3)21-10-8-20(26)9-11-21)24(33)27-13-19-14-28-25(29-15-19)31(4)36(5,34)35/h8-12,14-16H,2,6-7,13H2,1,3-5H3,(H,27,33). The van der Waals surface area contributed by atoms with Gasteiger partial charge in [-0.05, 0) is 44.0 Å². The molecule has 0 spiro atoms. The van der Waals surface area contributed by atoms with Gasteiger partial charge in [-0.25, -0.2) is 31.8 Å². The van der Waals surface area contributed by atoms with Crippen LogP contribution in [0.3, 0.4) is 0 Å². The van der Waals surface area contributed by atoms with Crippen molar-refractivity contribution in [2.45, 2.75) is 33.2 Å². The van der Waals surface area contributed by atoms with E-state index in [9.17, 15) is 17.6 Å². The number of aromatic nitrogens is 4. The van der Waals surface area contributed by atoms with Gasteiger partial charge in [0.1, 0.15) is 5.82 Å². The molecule has 1 aromatic carbocycles. The number of benzene rings is 1. The summed E-state index contributed by atoms with van der Waals surface area (Å²) in [6, 6.07) is 5.94. The normalized spacial score (nSPS) is 11.9. The summed E-state index contributed by atoms with van der Waals surface area (Å²) >= 11 is 0. The molecule has 0 radical (unpaired) electrons. The first-order valence-corrected chi connectivity index (χ1v) is 13.1. The lowest BCUT2D eigenvalue weighted by Gasteiger charge is -2.14. The number of hydrogen-bond acceptors (Lipinski definition) is 6. The smallest absolute Gasteiger partial charge is 0.251 e. The summed E-state index contributed by atoms with van der Waals surface area (Å²) in [5.74, 6) is -0.630. The predicted molar refractivity (Wildman–Crippen MR) is 137 cm³/mol. The van der Waals surface area contributed by atoms with Gasteiger partial charge in [0.2, 0.25) is 16.0 Å². The van der Waals surface area contributed by atoms with Gasteiger partial charge < -0.3 is 5.32 Å². The molecule has 1 amide bonds. The Bertz CT molecular complexity index is 1380. The number of hydrogen-bond donors (Lipinski definition) is 1. The third kappa shape index (κ3) is 6.42. The number of carbonyl (C=O) groups excluding carboxylic acids is 1. The van der Waals surface area contributed by atoms with Gasteiger partial charge in [0.05, 0.1) is 18.1 Å². The summed E-state index contributed by atoms with van der Waals surface area (Å²) in [4.78, 5) is 21.4. The van der Waals surface area contributed by atoms with E-state index >= 15 is 0 Å². The Hall–Kier alpha value is -3.86. The Morgan fingerprint density at radius 2 is 1.83 bits per heavy atom. The fourth-order valence-corrected chi connectivity index (χ4v) is 3.65. The fraction of sp³-hybridized carbons (Fsp3) is 0.280. The number of halogens is 1. The summed E-state index contributed by atoms with van der Waals surface area (Å²) in [6.07, 6.45) is 8.72. The molecule has 0 atom stereocenters. The summed E-state index contributed by atoms with van der Waals surface area (Å²) < 4.78 is 39.3. The Labute approximate surface area is 210 Å². The van der Waals surface area contributed by atoms with Crippen LogP contribution in [0.4, 0.5) is 10.3 Å². The lowest BCUT2D eigenvalue weighted by molar-refractivity contribution is -0.115. The highest BCUT2D eigenvalue weighted by Crippen LogP contribution is 2.24. The highest BCUT2D eigenvalue weighted by molar-refractivity contribution is 7.92. The van der Waals surface area contributed by atoms with Crippen molar-refractivity contribution in [1.82, 2.24) is 25.1 Å². The molecule has 0 fully saturated rings. The molecule has 0 unspecified atom stereocenters. The zero-order valence-corrected chi connectivity index (χ0v) is 21.5. The number of allylic oxidation sites excluding steroid dienone is 2. The van der Waals surface area contributed by atoms with Crippen molar-refractivity contribution in [1.29, 1.82) is 0 Å². The molecule has 0 aliphatic heterocycles. The maximum absolute atomic E-state index is 13.4. The van der Waals surface area contributed by atoms with Crippen molar-refractivity contribution < 1.29 is 17.6 Å². The molecule has 0 aliphatic rings. The molecule has 0 aliphatic carbocycles. The van der Waals surface area contributed by atoms with Crippen LogP contribution in [-0.2, 0) is 21.4 Å². The van der Waals surface area contributed by atoms with Crippen LogP contribution in [0.25, 0.3) is 11.3 Å². The van der Waals surface area contributed by atoms with Gasteiger partial charge in [0.15, 0.2) is 0 Å². The van der Waals surface area contributed by atoms with E-state index in [1.54, 1.807) is 23.0 Å². The van der Waals surface area contributed by atoms with Gasteiger partial charge >= 0.3 is 0 Å². The molecule has 0 saturated heterocycles. The van der Waals surface area contributed by atoms with Crippen LogP contribution in [0.15, 0.2) is 61.1 Å². The van der Waals surface area contributed by atoms with Gasteiger partial charge in [0, 0.05) is 48.4 Å². The van der Waals surface area contributed by atoms with Gasteiger partial charge in [-0.15, -0.1) is 0 Å². The van der Waals surface area contributed by atoms with Crippen LogP contribution < -0.4 is 9.62 Å². The Morgan fingerprint density at radius 3 is 2.42 bits per heavy atom. The van der Waals surface area contributed by atoms with E-state index < -0.39 is 10.0 Å². The number of nitrogens with one attached hydrogen (secondary N) is 1. The molecule has 0 saturated carbocycles. The highest BCUT2D eigenvalue weighted by Gasteiger charge is 2.19. The lowest BCUT2D eigenvalue weighted by Crippen LogP contribution is -2.27. The quantitative estimate of drug-likeness (QED) is 0.329. The van der Waals surface area contributed by atoms with Crippen LogP contribution in [-0.4, -0.2) is 47.4 Å². The number of nitrogens with zero attached hydrogens (tertiary/aromatic N) is 5. The molecule has 3 aromatic rings. The second-order valence-electron chi connectivity index (χ2n) is 8.26. The van der Waals surface area contributed by atoms with Gasteiger partial charge in [-0.3, -0.25) is 4.79 Å². The summed E-state index contributed by atoms with van der Waals surface area (Å²) in [5.41, 5.74) is 4.05. The van der Waals surface area contributed by atoms with Gasteiger partial charge in [-0.1, -0.05) is 25.2 Å². The molecule has 1 N–H and O–H groups in total. The Balaban J connectivity index is 1.83. The van der Waals surface area contributed by atoms with Crippen LogP contribution in [0, 0.1) is 12.7 Å². The maximum Gasteiger partial charge on any atom is 0.251 e. The minimum Gasteiger partial charge on any atom is -0.348 e. The van der Waals surface area contributed by atoms with Crippen LogP contribution in [0.5, 0.6) is 0 Å². The Kier molecular flexibility index (Phi) is 8.36. The van der Waals surface area contributed by atoms with Crippen molar-refractivity contribution in [3.63, 3.8) is 0 Å². The molecule has 2 aromatic heterocycles. The van der Waals surface area contributed by atoms with Crippen LogP contribution in [0.1, 0.15) is 36.6 Å². The van der Waals surface area contributed by atoms with E-state index in [2.05, 4.69) is 27.0 Å². The highest BCUT2D eigenvalue weighted by atomic mass is 32.2. The molecular weight excluding hydrogens is 483 g/mol.